The quantitative estimate of drug-likeness (QED) is 0.410. The molecule has 0 bridgehead atoms. The van der Waals surface area contributed by atoms with Crippen LogP contribution in [0.15, 0.2) is 49.5 Å². The van der Waals surface area contributed by atoms with Gasteiger partial charge < -0.3 is 29.0 Å². The SMILES string of the molecule is C=C(O)C(C)c1cn(C)cc1C.CC.Cc1cn(C)cc1C(=O)O.Cc1cn(C)cc1CC(=O)O. The van der Waals surface area contributed by atoms with E-state index in [0.29, 0.717) is 5.56 Å². The van der Waals surface area contributed by atoms with Crippen LogP contribution < -0.4 is 0 Å². The Bertz CT molecular complexity index is 1120. The zero-order valence-corrected chi connectivity index (χ0v) is 22.5. The Morgan fingerprint density at radius 1 is 0.800 bits per heavy atom. The van der Waals surface area contributed by atoms with E-state index in [1.165, 1.54) is 5.56 Å². The smallest absolute Gasteiger partial charge is 0.337 e. The number of aliphatic carboxylic acids is 1. The molecular weight excluding hydrogens is 446 g/mol. The highest BCUT2D eigenvalue weighted by Crippen LogP contribution is 2.24. The molecule has 0 aliphatic heterocycles. The number of carboxylic acid groups (broad SMARTS) is 2. The third-order valence-corrected chi connectivity index (χ3v) is 5.15. The van der Waals surface area contributed by atoms with E-state index in [-0.39, 0.29) is 18.1 Å². The van der Waals surface area contributed by atoms with Crippen molar-refractivity contribution >= 4 is 11.9 Å². The number of rotatable bonds is 5. The summed E-state index contributed by atoms with van der Waals surface area (Å²) in [6.07, 6.45) is 11.3. The van der Waals surface area contributed by atoms with Crippen LogP contribution in [0.2, 0.25) is 0 Å². The minimum absolute atomic E-state index is 0.0335. The summed E-state index contributed by atoms with van der Waals surface area (Å²) in [6.45, 7) is 15.2. The van der Waals surface area contributed by atoms with E-state index in [4.69, 9.17) is 10.2 Å². The monoisotopic (exact) mass is 487 g/mol. The molecule has 0 radical (unpaired) electrons. The standard InChI is InChI=1S/C10H15NO.C8H11NO2.C7H9NO2.C2H6/c1-7-5-11(4)6-10(7)8(2)9(3)12;1-6-4-9(2)5-7(6)3-8(10)11;1-5-3-8(2)4-6(5)7(9)10;1-2/h5-6,8,12H,3H2,1-2,4H3;4-5H,3H2,1-2H3,(H,10,11);3-4H,1-2H3,(H,9,10);1-2H3. The predicted molar refractivity (Wildman–Crippen MR) is 140 cm³/mol. The maximum absolute atomic E-state index is 10.4. The van der Waals surface area contributed by atoms with Gasteiger partial charge in [-0.1, -0.05) is 27.4 Å². The zero-order valence-electron chi connectivity index (χ0n) is 22.5. The van der Waals surface area contributed by atoms with Crippen molar-refractivity contribution in [1.82, 2.24) is 13.7 Å². The Kier molecular flexibility index (Phi) is 13.0. The molecule has 8 heteroatoms. The fourth-order valence-corrected chi connectivity index (χ4v) is 3.43. The molecule has 194 valence electrons. The third-order valence-electron chi connectivity index (χ3n) is 5.15. The molecule has 3 N–H and O–H groups in total. The first-order chi connectivity index (χ1) is 16.2. The van der Waals surface area contributed by atoms with Crippen LogP contribution in [0.5, 0.6) is 0 Å². The van der Waals surface area contributed by atoms with Crippen molar-refractivity contribution in [2.75, 3.05) is 0 Å². The van der Waals surface area contributed by atoms with Crippen molar-refractivity contribution in [3.63, 3.8) is 0 Å². The van der Waals surface area contributed by atoms with Crippen LogP contribution in [-0.4, -0.2) is 41.0 Å². The topological polar surface area (TPSA) is 110 Å². The maximum atomic E-state index is 10.4. The summed E-state index contributed by atoms with van der Waals surface area (Å²) in [6, 6.07) is 0. The number of aliphatic hydroxyl groups excluding tert-OH is 1. The Hall–Kier alpha value is -3.68. The predicted octanol–water partition coefficient (Wildman–Crippen LogP) is 5.53. The van der Waals surface area contributed by atoms with E-state index in [2.05, 4.69) is 6.58 Å². The average Bonchev–Trinajstić information content (AvgIpc) is 3.38. The highest BCUT2D eigenvalue weighted by Gasteiger charge is 2.12. The van der Waals surface area contributed by atoms with Gasteiger partial charge in [-0.05, 0) is 48.6 Å². The van der Waals surface area contributed by atoms with E-state index >= 15 is 0 Å². The molecule has 3 aromatic rings. The number of aromatic nitrogens is 3. The number of carboxylic acids is 2. The number of hydrogen-bond donors (Lipinski definition) is 3. The lowest BCUT2D eigenvalue weighted by Gasteiger charge is -2.08. The zero-order chi connectivity index (χ0) is 27.5. The van der Waals surface area contributed by atoms with Gasteiger partial charge in [-0.2, -0.15) is 0 Å². The molecule has 3 heterocycles. The molecule has 8 nitrogen and oxygen atoms in total. The molecule has 3 aromatic heterocycles. The molecule has 0 saturated heterocycles. The lowest BCUT2D eigenvalue weighted by atomic mass is 10.00. The van der Waals surface area contributed by atoms with Gasteiger partial charge in [-0.15, -0.1) is 0 Å². The Morgan fingerprint density at radius 2 is 1.26 bits per heavy atom. The summed E-state index contributed by atoms with van der Waals surface area (Å²) >= 11 is 0. The van der Waals surface area contributed by atoms with E-state index in [1.807, 2.05) is 82.6 Å². The summed E-state index contributed by atoms with van der Waals surface area (Å²) in [7, 11) is 5.67. The largest absolute Gasteiger partial charge is 0.512 e. The van der Waals surface area contributed by atoms with Crippen molar-refractivity contribution in [1.29, 1.82) is 0 Å². The number of hydrogen-bond acceptors (Lipinski definition) is 3. The van der Waals surface area contributed by atoms with Gasteiger partial charge in [0.1, 0.15) is 0 Å². The molecule has 0 aliphatic carbocycles. The van der Waals surface area contributed by atoms with Crippen LogP contribution in [0.25, 0.3) is 0 Å². The van der Waals surface area contributed by atoms with Crippen molar-refractivity contribution in [3.8, 4) is 0 Å². The van der Waals surface area contributed by atoms with Crippen LogP contribution >= 0.6 is 0 Å². The Labute approximate surface area is 208 Å². The summed E-state index contributed by atoms with van der Waals surface area (Å²) in [4.78, 5) is 20.7. The molecule has 35 heavy (non-hydrogen) atoms. The molecule has 3 rings (SSSR count). The third kappa shape index (κ3) is 10.4. The van der Waals surface area contributed by atoms with E-state index in [9.17, 15) is 14.7 Å². The van der Waals surface area contributed by atoms with Crippen molar-refractivity contribution < 1.29 is 24.9 Å². The fourth-order valence-electron chi connectivity index (χ4n) is 3.43. The number of allylic oxidation sites excluding steroid dienone is 1. The molecule has 0 spiro atoms. The first kappa shape index (κ1) is 31.3. The van der Waals surface area contributed by atoms with Gasteiger partial charge in [0.15, 0.2) is 0 Å². The maximum Gasteiger partial charge on any atom is 0.337 e. The van der Waals surface area contributed by atoms with Crippen LogP contribution in [0, 0.1) is 20.8 Å². The average molecular weight is 488 g/mol. The van der Waals surface area contributed by atoms with Gasteiger partial charge in [-0.3, -0.25) is 4.79 Å². The number of carbonyl (C=O) groups is 2. The van der Waals surface area contributed by atoms with Gasteiger partial charge in [0.2, 0.25) is 0 Å². The Balaban J connectivity index is 0.000000480. The lowest BCUT2D eigenvalue weighted by molar-refractivity contribution is -0.136. The molecular formula is C27H41N3O5. The molecule has 0 aromatic carbocycles. The van der Waals surface area contributed by atoms with Crippen molar-refractivity contribution in [3.05, 3.63) is 82.9 Å². The van der Waals surface area contributed by atoms with E-state index < -0.39 is 11.9 Å². The second-order valence-electron chi connectivity index (χ2n) is 8.30. The van der Waals surface area contributed by atoms with Crippen LogP contribution in [0.1, 0.15) is 64.9 Å². The van der Waals surface area contributed by atoms with Crippen LogP contribution in [0.4, 0.5) is 0 Å². The summed E-state index contributed by atoms with van der Waals surface area (Å²) < 4.78 is 5.59. The molecule has 0 amide bonds. The molecule has 0 aliphatic rings. The van der Waals surface area contributed by atoms with Gasteiger partial charge in [-0.25, -0.2) is 4.79 Å². The minimum Gasteiger partial charge on any atom is -0.512 e. The molecule has 1 unspecified atom stereocenters. The van der Waals surface area contributed by atoms with E-state index in [1.54, 1.807) is 30.9 Å². The minimum atomic E-state index is -0.863. The van der Waals surface area contributed by atoms with Gasteiger partial charge in [0.05, 0.1) is 17.7 Å². The van der Waals surface area contributed by atoms with Gasteiger partial charge in [0.25, 0.3) is 0 Å². The number of aromatic carboxylic acids is 1. The molecule has 1 atom stereocenters. The fraction of sp³-hybridized carbons (Fsp3) is 0.407. The highest BCUT2D eigenvalue weighted by molar-refractivity contribution is 5.89. The summed E-state index contributed by atoms with van der Waals surface area (Å²) in [5, 5.41) is 26.3. The number of aryl methyl sites for hydroxylation is 6. The number of aliphatic hydroxyl groups is 1. The second-order valence-corrected chi connectivity index (χ2v) is 8.30. The number of nitrogens with zero attached hydrogens (tertiary/aromatic N) is 3. The van der Waals surface area contributed by atoms with Gasteiger partial charge in [0, 0.05) is 64.2 Å². The highest BCUT2D eigenvalue weighted by atomic mass is 16.4. The van der Waals surface area contributed by atoms with Crippen molar-refractivity contribution in [2.24, 2.45) is 21.1 Å². The normalized spacial score (nSPS) is 10.5. The first-order valence-electron chi connectivity index (χ1n) is 11.4. The van der Waals surface area contributed by atoms with Crippen molar-refractivity contribution in [2.45, 2.75) is 53.9 Å². The second kappa shape index (κ2) is 14.6. The summed E-state index contributed by atoms with van der Waals surface area (Å²) in [5.74, 6) is -1.38. The first-order valence-corrected chi connectivity index (χ1v) is 11.4. The summed E-state index contributed by atoms with van der Waals surface area (Å²) in [5.41, 5.74) is 5.44. The van der Waals surface area contributed by atoms with Crippen LogP contribution in [0.3, 0.4) is 0 Å². The molecule has 0 fully saturated rings. The van der Waals surface area contributed by atoms with Crippen LogP contribution in [-0.2, 0) is 32.4 Å². The molecule has 0 saturated carbocycles. The lowest BCUT2D eigenvalue weighted by Crippen LogP contribution is -1.99. The van der Waals surface area contributed by atoms with Gasteiger partial charge >= 0.3 is 11.9 Å². The Morgan fingerprint density at radius 3 is 1.54 bits per heavy atom. The van der Waals surface area contributed by atoms with E-state index in [0.717, 1.165) is 22.3 Å².